The zero-order chi connectivity index (χ0) is 9.10. The van der Waals surface area contributed by atoms with Crippen LogP contribution < -0.4 is 5.32 Å². The van der Waals surface area contributed by atoms with E-state index in [0.717, 1.165) is 31.1 Å². The average molecular weight is 183 g/mol. The molecule has 1 N–H and O–H groups in total. The second kappa shape index (κ2) is 4.43. The highest BCUT2D eigenvalue weighted by atomic mass is 16.5. The van der Waals surface area contributed by atoms with Crippen LogP contribution in [0.15, 0.2) is 0 Å². The van der Waals surface area contributed by atoms with Gasteiger partial charge in [0.1, 0.15) is 0 Å². The Labute approximate surface area is 81.0 Å². The Morgan fingerprint density at radius 3 is 2.77 bits per heavy atom. The van der Waals surface area contributed by atoms with E-state index in [1.165, 1.54) is 32.1 Å². The minimum absolute atomic E-state index is 0.777. The summed E-state index contributed by atoms with van der Waals surface area (Å²) in [5, 5.41) is 3.42. The fraction of sp³-hybridized carbons (Fsp3) is 1.00. The molecule has 0 radical (unpaired) electrons. The van der Waals surface area contributed by atoms with Crippen LogP contribution in [0.4, 0.5) is 0 Å². The van der Waals surface area contributed by atoms with E-state index in [-0.39, 0.29) is 0 Å². The standard InChI is InChI=1S/C11H21NO/c1-12-11-4-2-3-9(7-11)10-5-6-13-8-10/h9-12H,2-8H2,1H3. The first-order valence-electron chi connectivity index (χ1n) is 5.65. The van der Waals surface area contributed by atoms with Gasteiger partial charge in [0.2, 0.25) is 0 Å². The van der Waals surface area contributed by atoms with Crippen molar-refractivity contribution < 1.29 is 4.74 Å². The Bertz CT molecular complexity index is 154. The Hall–Kier alpha value is -0.0800. The van der Waals surface area contributed by atoms with E-state index >= 15 is 0 Å². The third kappa shape index (κ3) is 2.23. The van der Waals surface area contributed by atoms with Gasteiger partial charge in [-0.1, -0.05) is 6.42 Å². The molecule has 1 heterocycles. The summed E-state index contributed by atoms with van der Waals surface area (Å²) >= 11 is 0. The monoisotopic (exact) mass is 183 g/mol. The summed E-state index contributed by atoms with van der Waals surface area (Å²) in [6, 6.07) is 0.777. The van der Waals surface area contributed by atoms with Crippen LogP contribution in [0.25, 0.3) is 0 Å². The quantitative estimate of drug-likeness (QED) is 0.705. The molecule has 2 fully saturated rings. The van der Waals surface area contributed by atoms with Crippen molar-refractivity contribution >= 4 is 0 Å². The van der Waals surface area contributed by atoms with Crippen molar-refractivity contribution in [2.45, 2.75) is 38.1 Å². The molecule has 0 aromatic carbocycles. The molecule has 0 aromatic rings. The minimum atomic E-state index is 0.777. The van der Waals surface area contributed by atoms with Gasteiger partial charge in [-0.15, -0.1) is 0 Å². The first-order chi connectivity index (χ1) is 6.40. The molecule has 3 atom stereocenters. The highest BCUT2D eigenvalue weighted by molar-refractivity contribution is 4.82. The highest BCUT2D eigenvalue weighted by Crippen LogP contribution is 2.34. The second-order valence-electron chi connectivity index (χ2n) is 4.54. The Kier molecular flexibility index (Phi) is 3.23. The lowest BCUT2D eigenvalue weighted by Gasteiger charge is -2.32. The van der Waals surface area contributed by atoms with Gasteiger partial charge in [0, 0.05) is 19.3 Å². The van der Waals surface area contributed by atoms with Crippen LogP contribution in [0.2, 0.25) is 0 Å². The maximum Gasteiger partial charge on any atom is 0.0497 e. The fourth-order valence-corrected chi connectivity index (χ4v) is 2.84. The van der Waals surface area contributed by atoms with Gasteiger partial charge >= 0.3 is 0 Å². The lowest BCUT2D eigenvalue weighted by Crippen LogP contribution is -2.34. The molecule has 76 valence electrons. The molecule has 3 unspecified atom stereocenters. The van der Waals surface area contributed by atoms with Crippen LogP contribution in [-0.4, -0.2) is 26.3 Å². The molecular formula is C11H21NO. The predicted octanol–water partition coefficient (Wildman–Crippen LogP) is 1.80. The third-order valence-electron chi connectivity index (χ3n) is 3.75. The van der Waals surface area contributed by atoms with E-state index < -0.39 is 0 Å². The fourth-order valence-electron chi connectivity index (χ4n) is 2.84. The van der Waals surface area contributed by atoms with Gasteiger partial charge in [-0.05, 0) is 44.6 Å². The summed E-state index contributed by atoms with van der Waals surface area (Å²) in [7, 11) is 2.10. The molecule has 1 saturated heterocycles. The number of rotatable bonds is 2. The second-order valence-corrected chi connectivity index (χ2v) is 4.54. The van der Waals surface area contributed by atoms with Crippen LogP contribution in [0.1, 0.15) is 32.1 Å². The van der Waals surface area contributed by atoms with Gasteiger partial charge in [-0.25, -0.2) is 0 Å². The Morgan fingerprint density at radius 2 is 2.08 bits per heavy atom. The van der Waals surface area contributed by atoms with E-state index in [2.05, 4.69) is 12.4 Å². The Morgan fingerprint density at radius 1 is 1.15 bits per heavy atom. The molecule has 2 nitrogen and oxygen atoms in total. The normalized spacial score (nSPS) is 40.8. The van der Waals surface area contributed by atoms with Crippen molar-refractivity contribution in [1.82, 2.24) is 5.32 Å². The van der Waals surface area contributed by atoms with E-state index in [1.54, 1.807) is 0 Å². The van der Waals surface area contributed by atoms with Gasteiger partial charge in [-0.2, -0.15) is 0 Å². The summed E-state index contributed by atoms with van der Waals surface area (Å²) in [5.41, 5.74) is 0. The first kappa shape index (κ1) is 9.47. The number of ether oxygens (including phenoxy) is 1. The summed E-state index contributed by atoms with van der Waals surface area (Å²) in [4.78, 5) is 0. The molecule has 1 aliphatic heterocycles. The molecular weight excluding hydrogens is 162 g/mol. The predicted molar refractivity (Wildman–Crippen MR) is 53.7 cm³/mol. The molecule has 0 amide bonds. The van der Waals surface area contributed by atoms with Crippen molar-refractivity contribution in [2.75, 3.05) is 20.3 Å². The van der Waals surface area contributed by atoms with Crippen LogP contribution in [0.5, 0.6) is 0 Å². The van der Waals surface area contributed by atoms with Crippen molar-refractivity contribution in [3.63, 3.8) is 0 Å². The molecule has 2 heteroatoms. The maximum atomic E-state index is 5.46. The Balaban J connectivity index is 1.84. The van der Waals surface area contributed by atoms with Crippen LogP contribution in [0.3, 0.4) is 0 Å². The van der Waals surface area contributed by atoms with Crippen LogP contribution in [-0.2, 0) is 4.74 Å². The van der Waals surface area contributed by atoms with Gasteiger partial charge in [-0.3, -0.25) is 0 Å². The third-order valence-corrected chi connectivity index (χ3v) is 3.75. The number of nitrogens with one attached hydrogen (secondary N) is 1. The van der Waals surface area contributed by atoms with Crippen molar-refractivity contribution in [3.05, 3.63) is 0 Å². The van der Waals surface area contributed by atoms with Gasteiger partial charge < -0.3 is 10.1 Å². The average Bonchev–Trinajstić information content (AvgIpc) is 2.71. The van der Waals surface area contributed by atoms with E-state index in [0.29, 0.717) is 0 Å². The lowest BCUT2D eigenvalue weighted by molar-refractivity contribution is 0.153. The molecule has 1 saturated carbocycles. The minimum Gasteiger partial charge on any atom is -0.381 e. The number of hydrogen-bond donors (Lipinski definition) is 1. The molecule has 2 rings (SSSR count). The summed E-state index contributed by atoms with van der Waals surface area (Å²) in [6.07, 6.45) is 6.91. The van der Waals surface area contributed by atoms with Crippen LogP contribution in [0, 0.1) is 11.8 Å². The molecule has 2 aliphatic rings. The van der Waals surface area contributed by atoms with Gasteiger partial charge in [0.25, 0.3) is 0 Å². The summed E-state index contributed by atoms with van der Waals surface area (Å²) in [5.74, 6) is 1.81. The number of hydrogen-bond acceptors (Lipinski definition) is 2. The lowest BCUT2D eigenvalue weighted by atomic mass is 9.77. The smallest absolute Gasteiger partial charge is 0.0497 e. The summed E-state index contributed by atoms with van der Waals surface area (Å²) in [6.45, 7) is 2.03. The van der Waals surface area contributed by atoms with E-state index in [4.69, 9.17) is 4.74 Å². The van der Waals surface area contributed by atoms with E-state index in [9.17, 15) is 0 Å². The van der Waals surface area contributed by atoms with Gasteiger partial charge in [0.05, 0.1) is 0 Å². The highest BCUT2D eigenvalue weighted by Gasteiger charge is 2.29. The summed E-state index contributed by atoms with van der Waals surface area (Å²) < 4.78 is 5.46. The SMILES string of the molecule is CNC1CCCC(C2CCOC2)C1. The zero-order valence-corrected chi connectivity index (χ0v) is 8.59. The topological polar surface area (TPSA) is 21.3 Å². The first-order valence-corrected chi connectivity index (χ1v) is 5.65. The zero-order valence-electron chi connectivity index (χ0n) is 8.59. The van der Waals surface area contributed by atoms with Crippen molar-refractivity contribution in [2.24, 2.45) is 11.8 Å². The van der Waals surface area contributed by atoms with Gasteiger partial charge in [0.15, 0.2) is 0 Å². The largest absolute Gasteiger partial charge is 0.381 e. The molecule has 0 bridgehead atoms. The van der Waals surface area contributed by atoms with Crippen molar-refractivity contribution in [3.8, 4) is 0 Å². The molecule has 13 heavy (non-hydrogen) atoms. The molecule has 0 spiro atoms. The molecule has 0 aromatic heterocycles. The van der Waals surface area contributed by atoms with E-state index in [1.807, 2.05) is 0 Å². The van der Waals surface area contributed by atoms with Crippen LogP contribution >= 0.6 is 0 Å². The maximum absolute atomic E-state index is 5.46. The molecule has 1 aliphatic carbocycles. The van der Waals surface area contributed by atoms with Crippen molar-refractivity contribution in [1.29, 1.82) is 0 Å².